The number of aromatic nitrogens is 6. The molecule has 2 N–H and O–H groups in total. The lowest BCUT2D eigenvalue weighted by atomic mass is 9.94. The van der Waals surface area contributed by atoms with Crippen LogP contribution in [-0.4, -0.2) is 55.5 Å². The van der Waals surface area contributed by atoms with Gasteiger partial charge in [-0.25, -0.2) is 9.97 Å². The van der Waals surface area contributed by atoms with Gasteiger partial charge in [-0.15, -0.1) is 21.5 Å². The Morgan fingerprint density at radius 2 is 1.83 bits per heavy atom. The molecule has 0 saturated carbocycles. The molecule has 1 aromatic carbocycles. The third kappa shape index (κ3) is 3.44. The Balaban J connectivity index is 1.44. The highest BCUT2D eigenvalue weighted by molar-refractivity contribution is 7.17. The molecule has 8 nitrogen and oxygen atoms in total. The molecule has 0 aliphatic carbocycles. The third-order valence-corrected chi connectivity index (χ3v) is 6.66. The molecule has 4 heterocycles. The van der Waals surface area contributed by atoms with Crippen LogP contribution in [0.5, 0.6) is 0 Å². The highest BCUT2D eigenvalue weighted by atomic mass is 32.1. The summed E-state index contributed by atoms with van der Waals surface area (Å²) in [6.07, 6.45) is 7.65. The van der Waals surface area contributed by atoms with Crippen LogP contribution in [0.4, 0.5) is 5.95 Å². The fraction of sp³-hybridized carbons (Fsp3) is 0.381. The van der Waals surface area contributed by atoms with Gasteiger partial charge >= 0.3 is 0 Å². The number of hydrogen-bond acceptors (Lipinski definition) is 8. The number of nitrogens with one attached hydrogen (secondary N) is 2. The standard InChI is InChI=1S/C21H24N8S/c1-12-6-15(7-13(2)26-12)29(3)21-22-10-18(27-28-21)17-5-4-16(14-8-24-25-9-14)19-20(17)30-11-23-19/h4-5,8-13,15,26H,6-7H2,1-3H3,(H,24,25). The molecule has 1 fully saturated rings. The fourth-order valence-corrected chi connectivity index (χ4v) is 5.19. The van der Waals surface area contributed by atoms with E-state index in [1.165, 1.54) is 0 Å². The molecule has 4 aromatic rings. The molecule has 0 radical (unpaired) electrons. The number of rotatable bonds is 4. The van der Waals surface area contributed by atoms with E-state index < -0.39 is 0 Å². The lowest BCUT2D eigenvalue weighted by Crippen LogP contribution is -2.50. The second-order valence-electron chi connectivity index (χ2n) is 8.03. The van der Waals surface area contributed by atoms with Crippen LogP contribution in [0.1, 0.15) is 26.7 Å². The number of thiazole rings is 1. The Morgan fingerprint density at radius 1 is 1.03 bits per heavy atom. The summed E-state index contributed by atoms with van der Waals surface area (Å²) in [4.78, 5) is 11.4. The molecule has 9 heteroatoms. The number of piperidine rings is 1. The lowest BCUT2D eigenvalue weighted by Gasteiger charge is -2.37. The second kappa shape index (κ2) is 7.73. The molecular weight excluding hydrogens is 396 g/mol. The van der Waals surface area contributed by atoms with Gasteiger partial charge in [-0.1, -0.05) is 12.1 Å². The van der Waals surface area contributed by atoms with E-state index in [0.717, 1.165) is 45.4 Å². The van der Waals surface area contributed by atoms with Crippen LogP contribution in [0, 0.1) is 0 Å². The minimum absolute atomic E-state index is 0.409. The summed E-state index contributed by atoms with van der Waals surface area (Å²) in [6, 6.07) is 5.51. The third-order valence-electron chi connectivity index (χ3n) is 5.80. The van der Waals surface area contributed by atoms with Gasteiger partial charge in [-0.3, -0.25) is 5.10 Å². The summed E-state index contributed by atoms with van der Waals surface area (Å²) in [5.41, 5.74) is 6.63. The lowest BCUT2D eigenvalue weighted by molar-refractivity contribution is 0.309. The molecule has 5 rings (SSSR count). The van der Waals surface area contributed by atoms with Crippen molar-refractivity contribution in [2.24, 2.45) is 0 Å². The van der Waals surface area contributed by atoms with E-state index in [4.69, 9.17) is 0 Å². The number of anilines is 1. The Hall–Kier alpha value is -2.91. The number of hydrogen-bond donors (Lipinski definition) is 2. The molecule has 0 spiro atoms. The van der Waals surface area contributed by atoms with Gasteiger partial charge in [0.2, 0.25) is 5.95 Å². The minimum Gasteiger partial charge on any atom is -0.339 e. The van der Waals surface area contributed by atoms with Gasteiger partial charge in [0.1, 0.15) is 5.69 Å². The molecule has 30 heavy (non-hydrogen) atoms. The molecule has 2 unspecified atom stereocenters. The zero-order valence-electron chi connectivity index (χ0n) is 17.2. The molecule has 0 amide bonds. The Kier molecular flexibility index (Phi) is 4.92. The summed E-state index contributed by atoms with van der Waals surface area (Å²) in [5.74, 6) is 0.667. The summed E-state index contributed by atoms with van der Waals surface area (Å²) in [6.45, 7) is 4.46. The molecule has 1 saturated heterocycles. The smallest absolute Gasteiger partial charge is 0.245 e. The average Bonchev–Trinajstić information content (AvgIpc) is 3.44. The summed E-state index contributed by atoms with van der Waals surface area (Å²) in [7, 11) is 2.06. The van der Waals surface area contributed by atoms with Gasteiger partial charge < -0.3 is 10.2 Å². The first kappa shape index (κ1) is 19.1. The number of H-pyrrole nitrogens is 1. The first-order chi connectivity index (χ1) is 14.6. The Bertz CT molecular complexity index is 1130. The molecule has 2 atom stereocenters. The molecular formula is C21H24N8S. The van der Waals surface area contributed by atoms with Crippen LogP contribution in [-0.2, 0) is 0 Å². The van der Waals surface area contributed by atoms with E-state index in [2.05, 4.69) is 73.6 Å². The summed E-state index contributed by atoms with van der Waals surface area (Å²) >= 11 is 1.60. The summed E-state index contributed by atoms with van der Waals surface area (Å²) in [5, 5.41) is 19.5. The Labute approximate surface area is 178 Å². The number of fused-ring (bicyclic) bond motifs is 1. The molecule has 0 bridgehead atoms. The van der Waals surface area contributed by atoms with Gasteiger partial charge in [0, 0.05) is 48.1 Å². The molecule has 1 aliphatic rings. The zero-order valence-corrected chi connectivity index (χ0v) is 18.0. The maximum absolute atomic E-state index is 4.64. The predicted octanol–water partition coefficient (Wildman–Crippen LogP) is 3.50. The van der Waals surface area contributed by atoms with Crippen molar-refractivity contribution in [1.82, 2.24) is 35.7 Å². The van der Waals surface area contributed by atoms with Crippen molar-refractivity contribution in [3.8, 4) is 22.4 Å². The van der Waals surface area contributed by atoms with Gasteiger partial charge in [-0.05, 0) is 26.7 Å². The number of aromatic amines is 1. The largest absolute Gasteiger partial charge is 0.339 e. The monoisotopic (exact) mass is 420 g/mol. The van der Waals surface area contributed by atoms with Gasteiger partial charge in [-0.2, -0.15) is 5.10 Å². The molecule has 3 aromatic heterocycles. The second-order valence-corrected chi connectivity index (χ2v) is 8.88. The average molecular weight is 421 g/mol. The molecule has 154 valence electrons. The van der Waals surface area contributed by atoms with Crippen LogP contribution >= 0.6 is 11.3 Å². The zero-order chi connectivity index (χ0) is 20.7. The summed E-state index contributed by atoms with van der Waals surface area (Å²) < 4.78 is 1.08. The highest BCUT2D eigenvalue weighted by Gasteiger charge is 2.27. The van der Waals surface area contributed by atoms with E-state index in [1.807, 2.05) is 24.1 Å². The van der Waals surface area contributed by atoms with Crippen LogP contribution in [0.3, 0.4) is 0 Å². The van der Waals surface area contributed by atoms with Crippen molar-refractivity contribution in [1.29, 1.82) is 0 Å². The minimum atomic E-state index is 0.409. The Morgan fingerprint density at radius 3 is 2.53 bits per heavy atom. The van der Waals surface area contributed by atoms with Gasteiger partial charge in [0.25, 0.3) is 0 Å². The normalized spacial score (nSPS) is 21.8. The van der Waals surface area contributed by atoms with Gasteiger partial charge in [0.05, 0.1) is 28.1 Å². The van der Waals surface area contributed by atoms with E-state index in [-0.39, 0.29) is 0 Å². The van der Waals surface area contributed by atoms with Crippen LogP contribution in [0.15, 0.2) is 36.2 Å². The fourth-order valence-electron chi connectivity index (χ4n) is 4.35. The van der Waals surface area contributed by atoms with E-state index in [0.29, 0.717) is 24.1 Å². The highest BCUT2D eigenvalue weighted by Crippen LogP contribution is 2.36. The van der Waals surface area contributed by atoms with Crippen LogP contribution in [0.25, 0.3) is 32.6 Å². The van der Waals surface area contributed by atoms with Crippen molar-refractivity contribution >= 4 is 27.5 Å². The first-order valence-electron chi connectivity index (χ1n) is 10.1. The van der Waals surface area contributed by atoms with Gasteiger partial charge in [0.15, 0.2) is 0 Å². The van der Waals surface area contributed by atoms with Crippen LogP contribution in [0.2, 0.25) is 0 Å². The van der Waals surface area contributed by atoms with Crippen LogP contribution < -0.4 is 10.2 Å². The van der Waals surface area contributed by atoms with E-state index >= 15 is 0 Å². The van der Waals surface area contributed by atoms with Crippen molar-refractivity contribution in [3.63, 3.8) is 0 Å². The molecule has 1 aliphatic heterocycles. The van der Waals surface area contributed by atoms with Crippen molar-refractivity contribution in [3.05, 3.63) is 36.2 Å². The van der Waals surface area contributed by atoms with Crippen molar-refractivity contribution in [2.75, 3.05) is 11.9 Å². The predicted molar refractivity (Wildman–Crippen MR) is 120 cm³/mol. The maximum atomic E-state index is 4.64. The van der Waals surface area contributed by atoms with E-state index in [1.54, 1.807) is 11.3 Å². The number of nitrogens with zero attached hydrogens (tertiary/aromatic N) is 6. The van der Waals surface area contributed by atoms with Crippen molar-refractivity contribution in [2.45, 2.75) is 44.8 Å². The number of benzene rings is 1. The SMILES string of the molecule is CC1CC(N(C)c2ncc(-c3ccc(-c4cn[nH]c4)c4ncsc34)nn2)CC(C)N1. The van der Waals surface area contributed by atoms with E-state index in [9.17, 15) is 0 Å². The van der Waals surface area contributed by atoms with Crippen molar-refractivity contribution < 1.29 is 0 Å². The first-order valence-corrected chi connectivity index (χ1v) is 11.0. The maximum Gasteiger partial charge on any atom is 0.245 e. The quantitative estimate of drug-likeness (QED) is 0.522. The topological polar surface area (TPSA) is 95.5 Å².